The molecule has 0 heterocycles. The van der Waals surface area contributed by atoms with Crippen LogP contribution in [0.1, 0.15) is 0 Å². The lowest BCUT2D eigenvalue weighted by Gasteiger charge is -2.25. The first-order chi connectivity index (χ1) is 14.8. The topological polar surface area (TPSA) is 94.1 Å². The number of nitrogens with one attached hydrogen (secondary N) is 1. The van der Waals surface area contributed by atoms with Crippen molar-refractivity contribution in [3.63, 3.8) is 0 Å². The van der Waals surface area contributed by atoms with E-state index in [1.807, 2.05) is 0 Å². The Labute approximate surface area is 175 Å². The van der Waals surface area contributed by atoms with Crippen LogP contribution in [-0.2, 0) is 23.1 Å². The van der Waals surface area contributed by atoms with Gasteiger partial charge in [-0.3, -0.25) is 9.36 Å². The highest BCUT2D eigenvalue weighted by Gasteiger charge is 2.60. The summed E-state index contributed by atoms with van der Waals surface area (Å²) < 4.78 is 167. The summed E-state index contributed by atoms with van der Waals surface area (Å²) in [6.45, 7) is 0. The number of alkyl halides is 6. The Kier molecular flexibility index (Phi) is 8.38. The van der Waals surface area contributed by atoms with E-state index < -0.39 is 78.0 Å². The zero-order valence-electron chi connectivity index (χ0n) is 15.7. The van der Waals surface area contributed by atoms with Crippen molar-refractivity contribution in [3.05, 3.63) is 40.3 Å². The van der Waals surface area contributed by atoms with Crippen molar-refractivity contribution in [1.82, 2.24) is 0 Å². The lowest BCUT2D eigenvalue weighted by Crippen LogP contribution is -2.44. The molecular weight excluding hydrogens is 518 g/mol. The van der Waals surface area contributed by atoms with Gasteiger partial charge >= 0.3 is 19.9 Å². The van der Waals surface area contributed by atoms with Crippen molar-refractivity contribution in [2.24, 2.45) is 0 Å². The Morgan fingerprint density at radius 3 is 1.55 bits per heavy atom. The lowest BCUT2D eigenvalue weighted by atomic mass is 10.2. The van der Waals surface area contributed by atoms with Crippen molar-refractivity contribution in [1.29, 1.82) is 0 Å². The van der Waals surface area contributed by atoms with Crippen LogP contribution in [0.4, 0.5) is 54.0 Å². The fourth-order valence-electron chi connectivity index (χ4n) is 1.97. The van der Waals surface area contributed by atoms with E-state index >= 15 is 0 Å². The molecule has 188 valence electrons. The zero-order valence-corrected chi connectivity index (χ0v) is 16.6. The summed E-state index contributed by atoms with van der Waals surface area (Å²) in [6.07, 6.45) is -17.4. The van der Waals surface area contributed by atoms with Gasteiger partial charge in [-0.05, 0) is 0 Å². The number of halogens is 11. The van der Waals surface area contributed by atoms with Gasteiger partial charge in [-0.2, -0.15) is 26.3 Å². The molecule has 19 heteroatoms. The van der Waals surface area contributed by atoms with Crippen LogP contribution >= 0.6 is 7.60 Å². The highest BCUT2D eigenvalue weighted by Crippen LogP contribution is 2.56. The Hall–Kier alpha value is -2.59. The molecule has 1 aromatic carbocycles. The number of anilines is 1. The molecule has 1 aromatic rings. The van der Waals surface area contributed by atoms with Gasteiger partial charge in [0, 0.05) is 14.2 Å². The summed E-state index contributed by atoms with van der Waals surface area (Å²) in [7, 11) is -4.62. The summed E-state index contributed by atoms with van der Waals surface area (Å²) in [5, 5.41) is 8.24. The number of carbonyl (C=O) groups is 1. The van der Waals surface area contributed by atoms with E-state index in [4.69, 9.17) is 0 Å². The maximum atomic E-state index is 13.7. The minimum absolute atomic E-state index is 0.397. The van der Waals surface area contributed by atoms with Crippen LogP contribution in [0, 0.1) is 29.1 Å². The molecule has 0 unspecified atom stereocenters. The molecular formula is C14H9F11NO6P. The summed E-state index contributed by atoms with van der Waals surface area (Å²) in [5.41, 5.74) is -2.18. The highest BCUT2D eigenvalue weighted by molar-refractivity contribution is 7.60. The lowest BCUT2D eigenvalue weighted by molar-refractivity contribution is -0.319. The third-order valence-electron chi connectivity index (χ3n) is 3.44. The molecule has 33 heavy (non-hydrogen) atoms. The van der Waals surface area contributed by atoms with Gasteiger partial charge < -0.3 is 24.2 Å². The normalized spacial score (nSPS) is 13.8. The quantitative estimate of drug-likeness (QED) is 0.129. The molecule has 0 saturated heterocycles. The van der Waals surface area contributed by atoms with Gasteiger partial charge in [0.1, 0.15) is 5.69 Å². The Bertz CT molecular complexity index is 956. The van der Waals surface area contributed by atoms with Crippen molar-refractivity contribution in [2.45, 2.75) is 18.5 Å². The SMILES string of the molecule is COP(=O)(OC)/C(C(=O)Nc1c(F)c(F)c(F)c(F)c1F)=C(/O)OC(C(F)(F)F)C(F)(F)F. The van der Waals surface area contributed by atoms with Gasteiger partial charge in [0.15, 0.2) is 23.3 Å². The molecule has 0 radical (unpaired) electrons. The second-order valence-corrected chi connectivity index (χ2v) is 7.67. The number of rotatable bonds is 7. The third kappa shape index (κ3) is 5.86. The number of aliphatic hydroxyl groups is 1. The average Bonchev–Trinajstić information content (AvgIpc) is 2.70. The molecule has 0 atom stereocenters. The average molecular weight is 527 g/mol. The molecule has 1 rings (SSSR count). The van der Waals surface area contributed by atoms with E-state index in [1.54, 1.807) is 0 Å². The van der Waals surface area contributed by atoms with Gasteiger partial charge in [-0.1, -0.05) is 0 Å². The minimum Gasteiger partial charge on any atom is -0.480 e. The van der Waals surface area contributed by atoms with Crippen LogP contribution in [0.3, 0.4) is 0 Å². The predicted molar refractivity (Wildman–Crippen MR) is 83.1 cm³/mol. The molecule has 0 spiro atoms. The number of amides is 1. The van der Waals surface area contributed by atoms with Crippen molar-refractivity contribution < 1.29 is 76.5 Å². The number of aliphatic hydroxyl groups excluding tert-OH is 1. The van der Waals surface area contributed by atoms with E-state index in [1.165, 1.54) is 0 Å². The predicted octanol–water partition coefficient (Wildman–Crippen LogP) is 5.04. The molecule has 0 bridgehead atoms. The van der Waals surface area contributed by atoms with Crippen LogP contribution in [0.15, 0.2) is 11.3 Å². The molecule has 0 aliphatic rings. The molecule has 1 amide bonds. The van der Waals surface area contributed by atoms with Gasteiger partial charge in [0.05, 0.1) is 0 Å². The van der Waals surface area contributed by atoms with Crippen molar-refractivity contribution in [2.75, 3.05) is 19.5 Å². The second kappa shape index (κ2) is 9.72. The van der Waals surface area contributed by atoms with E-state index in [-0.39, 0.29) is 0 Å². The van der Waals surface area contributed by atoms with E-state index in [2.05, 4.69) is 13.8 Å². The Morgan fingerprint density at radius 1 is 0.848 bits per heavy atom. The van der Waals surface area contributed by atoms with Crippen LogP contribution in [0.2, 0.25) is 0 Å². The van der Waals surface area contributed by atoms with Crippen molar-refractivity contribution in [3.8, 4) is 0 Å². The number of hydrogen-bond acceptors (Lipinski definition) is 6. The van der Waals surface area contributed by atoms with E-state index in [0.717, 1.165) is 5.32 Å². The summed E-state index contributed by atoms with van der Waals surface area (Å²) in [4.78, 5) is 12.2. The maximum absolute atomic E-state index is 13.7. The third-order valence-corrected chi connectivity index (χ3v) is 5.35. The van der Waals surface area contributed by atoms with Gasteiger partial charge in [-0.15, -0.1) is 0 Å². The standard InChI is InChI=1S/C14H9F11NO6P/c1-30-33(29,31-2)9(11(28)32-12(13(20,21)22)14(23,24)25)10(27)26-8-6(18)4(16)3(15)5(17)7(8)19/h12,28H,1-2H3,(H,26,27)/b11-9-. The number of hydrogen-bond donors (Lipinski definition) is 2. The number of benzene rings is 1. The molecule has 0 saturated carbocycles. The van der Waals surface area contributed by atoms with Crippen LogP contribution in [0.5, 0.6) is 0 Å². The molecule has 2 N–H and O–H groups in total. The summed E-state index contributed by atoms with van der Waals surface area (Å²) in [5.74, 6) is -18.6. The Morgan fingerprint density at radius 2 is 1.21 bits per heavy atom. The van der Waals surface area contributed by atoms with Crippen LogP contribution in [0.25, 0.3) is 0 Å². The van der Waals surface area contributed by atoms with Gasteiger partial charge in [0.2, 0.25) is 11.1 Å². The van der Waals surface area contributed by atoms with Crippen LogP contribution in [-0.4, -0.2) is 43.7 Å². The zero-order chi connectivity index (χ0) is 26.1. The largest absolute Gasteiger partial charge is 0.480 e. The fraction of sp³-hybridized carbons (Fsp3) is 0.357. The van der Waals surface area contributed by atoms with E-state index in [9.17, 15) is 62.8 Å². The fourth-order valence-corrected chi connectivity index (χ4v) is 3.08. The first-order valence-corrected chi connectivity index (χ1v) is 9.15. The summed E-state index contributed by atoms with van der Waals surface area (Å²) >= 11 is 0. The highest BCUT2D eigenvalue weighted by atomic mass is 31.2. The molecule has 0 aliphatic heterocycles. The first-order valence-electron chi connectivity index (χ1n) is 7.61. The second-order valence-electron chi connectivity index (χ2n) is 5.50. The summed E-state index contributed by atoms with van der Waals surface area (Å²) in [6, 6.07) is 0. The van der Waals surface area contributed by atoms with Crippen LogP contribution < -0.4 is 5.32 Å². The smallest absolute Gasteiger partial charge is 0.434 e. The Balaban J connectivity index is 3.70. The minimum atomic E-state index is -6.28. The van der Waals surface area contributed by atoms with Gasteiger partial charge in [-0.25, -0.2) is 22.0 Å². The number of carbonyl (C=O) groups excluding carboxylic acids is 1. The molecule has 0 fully saturated rings. The first kappa shape index (κ1) is 28.4. The molecule has 7 nitrogen and oxygen atoms in total. The van der Waals surface area contributed by atoms with E-state index in [0.29, 0.717) is 14.2 Å². The number of ether oxygens (including phenoxy) is 1. The van der Waals surface area contributed by atoms with Crippen molar-refractivity contribution >= 4 is 19.2 Å². The molecule has 0 aliphatic carbocycles. The molecule has 0 aromatic heterocycles. The maximum Gasteiger partial charge on any atom is 0.434 e. The monoisotopic (exact) mass is 527 g/mol. The van der Waals surface area contributed by atoms with Gasteiger partial charge in [0.25, 0.3) is 18.0 Å².